The summed E-state index contributed by atoms with van der Waals surface area (Å²) < 4.78 is 32.4. The predicted molar refractivity (Wildman–Crippen MR) is 77.8 cm³/mol. The lowest BCUT2D eigenvalue weighted by Crippen LogP contribution is -2.37. The third-order valence-corrected chi connectivity index (χ3v) is 5.59. The molecule has 0 radical (unpaired) electrons. The third-order valence-electron chi connectivity index (χ3n) is 2.74. The number of hydrogen-bond donors (Lipinski definition) is 2. The van der Waals surface area contributed by atoms with Gasteiger partial charge in [-0.3, -0.25) is 0 Å². The van der Waals surface area contributed by atoms with Gasteiger partial charge in [0, 0.05) is 29.5 Å². The van der Waals surface area contributed by atoms with Gasteiger partial charge in [-0.25, -0.2) is 13.1 Å². The molecule has 0 saturated carbocycles. The van der Waals surface area contributed by atoms with Gasteiger partial charge in [-0.15, -0.1) is 11.3 Å². The molecule has 1 aromatic heterocycles. The van der Waals surface area contributed by atoms with Crippen molar-refractivity contribution in [3.63, 3.8) is 0 Å². The zero-order valence-corrected chi connectivity index (χ0v) is 13.2. The SMILES string of the molecule is CCCC(COC)NS(=O)(=O)c1cc(CN)sc1C. The van der Waals surface area contributed by atoms with Gasteiger partial charge in [0.25, 0.3) is 0 Å². The average molecular weight is 306 g/mol. The number of hydrogen-bond acceptors (Lipinski definition) is 5. The van der Waals surface area contributed by atoms with Crippen LogP contribution in [0.25, 0.3) is 0 Å². The molecule has 1 rings (SSSR count). The number of sulfonamides is 1. The van der Waals surface area contributed by atoms with Gasteiger partial charge in [0.15, 0.2) is 0 Å². The number of nitrogens with two attached hydrogens (primary N) is 1. The Morgan fingerprint density at radius 2 is 2.21 bits per heavy atom. The molecule has 0 aliphatic rings. The van der Waals surface area contributed by atoms with Gasteiger partial charge in [-0.1, -0.05) is 13.3 Å². The standard InChI is InChI=1S/C12H22N2O3S2/c1-4-5-10(8-17-3)14-19(15,16)12-6-11(7-13)18-9(12)2/h6,10,14H,4-5,7-8,13H2,1-3H3. The Labute approximate surface area is 119 Å². The summed E-state index contributed by atoms with van der Waals surface area (Å²) in [6.07, 6.45) is 1.65. The Hall–Kier alpha value is -0.470. The van der Waals surface area contributed by atoms with Crippen molar-refractivity contribution in [3.05, 3.63) is 15.8 Å². The van der Waals surface area contributed by atoms with Crippen LogP contribution < -0.4 is 10.5 Å². The first-order valence-electron chi connectivity index (χ1n) is 6.25. The van der Waals surface area contributed by atoms with Crippen LogP contribution in [-0.4, -0.2) is 28.2 Å². The fourth-order valence-electron chi connectivity index (χ4n) is 1.90. The van der Waals surface area contributed by atoms with Crippen LogP contribution >= 0.6 is 11.3 Å². The van der Waals surface area contributed by atoms with E-state index in [0.29, 0.717) is 18.0 Å². The fourth-order valence-corrected chi connectivity index (χ4v) is 4.67. The van der Waals surface area contributed by atoms with Crippen LogP contribution in [0.5, 0.6) is 0 Å². The van der Waals surface area contributed by atoms with Crippen molar-refractivity contribution in [1.82, 2.24) is 4.72 Å². The first-order chi connectivity index (χ1) is 8.94. The number of methoxy groups -OCH3 is 1. The number of nitrogens with one attached hydrogen (secondary N) is 1. The molecule has 0 fully saturated rings. The lowest BCUT2D eigenvalue weighted by atomic mass is 10.2. The van der Waals surface area contributed by atoms with Crippen molar-refractivity contribution in [1.29, 1.82) is 0 Å². The first kappa shape index (κ1) is 16.6. The maximum absolute atomic E-state index is 12.3. The molecule has 19 heavy (non-hydrogen) atoms. The van der Waals surface area contributed by atoms with Crippen molar-refractivity contribution < 1.29 is 13.2 Å². The Kier molecular flexibility index (Phi) is 6.41. The fraction of sp³-hybridized carbons (Fsp3) is 0.667. The van der Waals surface area contributed by atoms with Crippen molar-refractivity contribution in [2.24, 2.45) is 5.73 Å². The molecule has 0 saturated heterocycles. The van der Waals surface area contributed by atoms with E-state index in [0.717, 1.165) is 22.6 Å². The number of rotatable bonds is 8. The van der Waals surface area contributed by atoms with Crippen LogP contribution in [-0.2, 0) is 21.3 Å². The largest absolute Gasteiger partial charge is 0.383 e. The number of thiophene rings is 1. The molecule has 1 unspecified atom stereocenters. The molecule has 3 N–H and O–H groups in total. The van der Waals surface area contributed by atoms with Gasteiger partial charge in [0.1, 0.15) is 0 Å². The zero-order chi connectivity index (χ0) is 14.5. The molecule has 7 heteroatoms. The van der Waals surface area contributed by atoms with Crippen LogP contribution in [0.2, 0.25) is 0 Å². The van der Waals surface area contributed by atoms with Gasteiger partial charge in [-0.05, 0) is 19.4 Å². The Balaban J connectivity index is 2.92. The highest BCUT2D eigenvalue weighted by atomic mass is 32.2. The average Bonchev–Trinajstić information content (AvgIpc) is 2.71. The summed E-state index contributed by atoms with van der Waals surface area (Å²) in [4.78, 5) is 1.97. The minimum Gasteiger partial charge on any atom is -0.383 e. The summed E-state index contributed by atoms with van der Waals surface area (Å²) in [6, 6.07) is 1.46. The summed E-state index contributed by atoms with van der Waals surface area (Å²) in [6.45, 7) is 4.54. The molecular weight excluding hydrogens is 284 g/mol. The van der Waals surface area contributed by atoms with Gasteiger partial charge >= 0.3 is 0 Å². The smallest absolute Gasteiger partial charge is 0.242 e. The number of ether oxygens (including phenoxy) is 1. The zero-order valence-electron chi connectivity index (χ0n) is 11.6. The van der Waals surface area contributed by atoms with Crippen molar-refractivity contribution in [2.75, 3.05) is 13.7 Å². The third kappa shape index (κ3) is 4.54. The molecule has 1 atom stereocenters. The van der Waals surface area contributed by atoms with Gasteiger partial charge in [0.2, 0.25) is 10.0 Å². The van der Waals surface area contributed by atoms with Gasteiger partial charge in [0.05, 0.1) is 11.5 Å². The quantitative estimate of drug-likeness (QED) is 0.764. The summed E-state index contributed by atoms with van der Waals surface area (Å²) in [5.74, 6) is 0. The van der Waals surface area contributed by atoms with E-state index in [9.17, 15) is 8.42 Å². The minimum absolute atomic E-state index is 0.194. The Morgan fingerprint density at radius 1 is 1.53 bits per heavy atom. The Morgan fingerprint density at radius 3 is 2.68 bits per heavy atom. The van der Waals surface area contributed by atoms with E-state index in [-0.39, 0.29) is 6.04 Å². The molecule has 110 valence electrons. The monoisotopic (exact) mass is 306 g/mol. The van der Waals surface area contributed by atoms with E-state index in [4.69, 9.17) is 10.5 Å². The molecule has 1 aromatic rings. The Bertz CT molecular complexity index is 491. The minimum atomic E-state index is -3.50. The van der Waals surface area contributed by atoms with E-state index in [2.05, 4.69) is 4.72 Å². The van der Waals surface area contributed by atoms with Gasteiger partial charge in [-0.2, -0.15) is 0 Å². The summed E-state index contributed by atoms with van der Waals surface area (Å²) >= 11 is 1.42. The summed E-state index contributed by atoms with van der Waals surface area (Å²) in [5.41, 5.74) is 5.55. The molecular formula is C12H22N2O3S2. The highest BCUT2D eigenvalue weighted by Gasteiger charge is 2.23. The topological polar surface area (TPSA) is 81.4 Å². The number of aryl methyl sites for hydroxylation is 1. The van der Waals surface area contributed by atoms with Crippen LogP contribution in [0, 0.1) is 6.92 Å². The second-order valence-electron chi connectivity index (χ2n) is 4.40. The lowest BCUT2D eigenvalue weighted by Gasteiger charge is -2.17. The summed E-state index contributed by atoms with van der Waals surface area (Å²) in [7, 11) is -1.93. The lowest BCUT2D eigenvalue weighted by molar-refractivity contribution is 0.171. The van der Waals surface area contributed by atoms with E-state index >= 15 is 0 Å². The highest BCUT2D eigenvalue weighted by molar-refractivity contribution is 7.89. The molecule has 0 amide bonds. The van der Waals surface area contributed by atoms with Crippen molar-refractivity contribution >= 4 is 21.4 Å². The highest BCUT2D eigenvalue weighted by Crippen LogP contribution is 2.25. The second kappa shape index (κ2) is 7.35. The van der Waals surface area contributed by atoms with Crippen molar-refractivity contribution in [2.45, 2.75) is 44.2 Å². The van der Waals surface area contributed by atoms with Crippen molar-refractivity contribution in [3.8, 4) is 0 Å². The van der Waals surface area contributed by atoms with Crippen LogP contribution in [0.1, 0.15) is 29.5 Å². The molecule has 1 heterocycles. The van der Waals surface area contributed by atoms with Crippen LogP contribution in [0.4, 0.5) is 0 Å². The molecule has 0 aromatic carbocycles. The maximum atomic E-state index is 12.3. The second-order valence-corrected chi connectivity index (χ2v) is 7.42. The summed E-state index contributed by atoms with van der Waals surface area (Å²) in [5, 5.41) is 0. The van der Waals surface area contributed by atoms with Crippen LogP contribution in [0.3, 0.4) is 0 Å². The first-order valence-corrected chi connectivity index (χ1v) is 8.55. The van der Waals surface area contributed by atoms with E-state index in [1.807, 2.05) is 6.92 Å². The normalized spacial score (nSPS) is 13.7. The predicted octanol–water partition coefficient (Wildman–Crippen LogP) is 1.61. The molecule has 0 aliphatic heterocycles. The molecule has 0 aliphatic carbocycles. The van der Waals surface area contributed by atoms with E-state index < -0.39 is 10.0 Å². The molecule has 0 bridgehead atoms. The van der Waals surface area contributed by atoms with Gasteiger partial charge < -0.3 is 10.5 Å². The molecule has 0 spiro atoms. The van der Waals surface area contributed by atoms with E-state index in [1.54, 1.807) is 20.1 Å². The maximum Gasteiger partial charge on any atom is 0.242 e. The van der Waals surface area contributed by atoms with E-state index in [1.165, 1.54) is 11.3 Å². The van der Waals surface area contributed by atoms with Crippen LogP contribution in [0.15, 0.2) is 11.0 Å². The molecule has 5 nitrogen and oxygen atoms in total.